The van der Waals surface area contributed by atoms with Gasteiger partial charge in [-0.3, -0.25) is 14.6 Å². The zero-order chi connectivity index (χ0) is 15.2. The highest BCUT2D eigenvalue weighted by molar-refractivity contribution is 8.00. The number of hydrogen-bond acceptors (Lipinski definition) is 4. The fourth-order valence-corrected chi connectivity index (χ4v) is 3.78. The van der Waals surface area contributed by atoms with E-state index in [2.05, 4.69) is 10.3 Å². The molecule has 1 aliphatic rings. The number of nitrogens with one attached hydrogen (secondary N) is 1. The molecule has 21 heavy (non-hydrogen) atoms. The second-order valence-corrected chi connectivity index (χ2v) is 6.16. The molecular formula is C15H21N3O2S. The summed E-state index contributed by atoms with van der Waals surface area (Å²) in [5.41, 5.74) is 0.955. The van der Waals surface area contributed by atoms with E-state index in [0.717, 1.165) is 12.0 Å². The Kier molecular flexibility index (Phi) is 5.61. The van der Waals surface area contributed by atoms with Crippen LogP contribution >= 0.6 is 11.8 Å². The second-order valence-electron chi connectivity index (χ2n) is 4.95. The smallest absolute Gasteiger partial charge is 0.243 e. The number of amides is 2. The summed E-state index contributed by atoms with van der Waals surface area (Å²) in [5.74, 6) is 0.640. The van der Waals surface area contributed by atoms with E-state index < -0.39 is 0 Å². The minimum Gasteiger partial charge on any atom is -0.350 e. The molecule has 0 aromatic carbocycles. The Morgan fingerprint density at radius 1 is 1.48 bits per heavy atom. The van der Waals surface area contributed by atoms with Crippen LogP contribution in [0.4, 0.5) is 0 Å². The van der Waals surface area contributed by atoms with Gasteiger partial charge in [-0.15, -0.1) is 11.8 Å². The molecule has 5 nitrogen and oxygen atoms in total. The third-order valence-corrected chi connectivity index (χ3v) is 4.98. The van der Waals surface area contributed by atoms with Crippen molar-refractivity contribution in [3.05, 3.63) is 30.1 Å². The Balaban J connectivity index is 1.99. The highest BCUT2D eigenvalue weighted by atomic mass is 32.2. The summed E-state index contributed by atoms with van der Waals surface area (Å²) in [7, 11) is 0. The molecule has 1 aromatic rings. The number of carbonyl (C=O) groups excluding carboxylic acids is 2. The van der Waals surface area contributed by atoms with Crippen molar-refractivity contribution in [3.63, 3.8) is 0 Å². The topological polar surface area (TPSA) is 62.3 Å². The zero-order valence-electron chi connectivity index (χ0n) is 12.4. The van der Waals surface area contributed by atoms with Gasteiger partial charge >= 0.3 is 0 Å². The summed E-state index contributed by atoms with van der Waals surface area (Å²) in [4.78, 5) is 30.2. The predicted molar refractivity (Wildman–Crippen MR) is 83.5 cm³/mol. The number of pyridine rings is 1. The molecular weight excluding hydrogens is 286 g/mol. The van der Waals surface area contributed by atoms with E-state index in [9.17, 15) is 9.59 Å². The molecule has 1 saturated heterocycles. The fourth-order valence-electron chi connectivity index (χ4n) is 2.41. The van der Waals surface area contributed by atoms with Crippen molar-refractivity contribution in [2.45, 2.75) is 44.6 Å². The first kappa shape index (κ1) is 15.8. The van der Waals surface area contributed by atoms with Gasteiger partial charge in [0.15, 0.2) is 0 Å². The summed E-state index contributed by atoms with van der Waals surface area (Å²) in [6, 6.07) is 3.40. The van der Waals surface area contributed by atoms with Gasteiger partial charge in [-0.05, 0) is 18.1 Å². The second kappa shape index (κ2) is 7.45. The van der Waals surface area contributed by atoms with Crippen LogP contribution in [0.5, 0.6) is 0 Å². The van der Waals surface area contributed by atoms with Crippen molar-refractivity contribution in [3.8, 4) is 0 Å². The summed E-state index contributed by atoms with van der Waals surface area (Å²) >= 11 is 1.68. The minimum absolute atomic E-state index is 0.0494. The van der Waals surface area contributed by atoms with E-state index in [1.54, 1.807) is 29.1 Å². The lowest BCUT2D eigenvalue weighted by Crippen LogP contribution is -2.49. The number of carbonyl (C=O) groups is 2. The first-order valence-corrected chi connectivity index (χ1v) is 8.31. The van der Waals surface area contributed by atoms with E-state index >= 15 is 0 Å². The highest BCUT2D eigenvalue weighted by Crippen LogP contribution is 2.31. The van der Waals surface area contributed by atoms with E-state index in [1.807, 2.05) is 26.0 Å². The molecule has 2 rings (SSSR count). The van der Waals surface area contributed by atoms with Crippen molar-refractivity contribution in [1.29, 1.82) is 0 Å². The molecule has 2 unspecified atom stereocenters. The number of rotatable bonds is 5. The molecule has 1 aromatic heterocycles. The largest absolute Gasteiger partial charge is 0.350 e. The monoisotopic (exact) mass is 307 g/mol. The van der Waals surface area contributed by atoms with Crippen molar-refractivity contribution in [1.82, 2.24) is 15.2 Å². The van der Waals surface area contributed by atoms with Crippen LogP contribution in [0.1, 0.15) is 32.3 Å². The van der Waals surface area contributed by atoms with Gasteiger partial charge in [0.2, 0.25) is 11.8 Å². The molecule has 1 aliphatic heterocycles. The maximum Gasteiger partial charge on any atom is 0.243 e. The van der Waals surface area contributed by atoms with Crippen LogP contribution in [-0.4, -0.2) is 38.9 Å². The van der Waals surface area contributed by atoms with E-state index in [1.165, 1.54) is 0 Å². The Bertz CT molecular complexity index is 495. The average molecular weight is 307 g/mol. The van der Waals surface area contributed by atoms with Gasteiger partial charge in [0.05, 0.1) is 5.37 Å². The van der Waals surface area contributed by atoms with Gasteiger partial charge in [0.25, 0.3) is 0 Å². The highest BCUT2D eigenvalue weighted by Gasteiger charge is 2.39. The molecule has 0 bridgehead atoms. The molecule has 0 saturated carbocycles. The van der Waals surface area contributed by atoms with Crippen LogP contribution in [0.15, 0.2) is 24.5 Å². The number of aromatic nitrogens is 1. The Morgan fingerprint density at radius 2 is 2.29 bits per heavy atom. The van der Waals surface area contributed by atoms with E-state index in [4.69, 9.17) is 0 Å². The van der Waals surface area contributed by atoms with Gasteiger partial charge in [0, 0.05) is 31.1 Å². The van der Waals surface area contributed by atoms with Gasteiger partial charge in [-0.1, -0.05) is 19.9 Å². The number of hydrogen-bond donors (Lipinski definition) is 1. The molecule has 1 fully saturated rings. The molecule has 2 amide bonds. The van der Waals surface area contributed by atoms with Crippen LogP contribution in [0.25, 0.3) is 0 Å². The summed E-state index contributed by atoms with van der Waals surface area (Å²) < 4.78 is 0. The molecule has 0 radical (unpaired) electrons. The number of thioether (sulfide) groups is 1. The van der Waals surface area contributed by atoms with Crippen molar-refractivity contribution in [2.75, 3.05) is 5.75 Å². The third kappa shape index (κ3) is 3.75. The molecule has 0 aliphatic carbocycles. The van der Waals surface area contributed by atoms with E-state index in [0.29, 0.717) is 18.7 Å². The van der Waals surface area contributed by atoms with Crippen molar-refractivity contribution < 1.29 is 9.59 Å². The maximum absolute atomic E-state index is 12.4. The quantitative estimate of drug-likeness (QED) is 0.901. The zero-order valence-corrected chi connectivity index (χ0v) is 13.2. The van der Waals surface area contributed by atoms with Gasteiger partial charge in [-0.2, -0.15) is 0 Å². The SMILES string of the molecule is CCC(=O)N1C(CC)SCC1C(=O)NCc1cccnc1. The van der Waals surface area contributed by atoms with E-state index in [-0.39, 0.29) is 23.2 Å². The third-order valence-electron chi connectivity index (χ3n) is 3.52. The Labute approximate surface area is 129 Å². The number of nitrogens with zero attached hydrogens (tertiary/aromatic N) is 2. The van der Waals surface area contributed by atoms with Crippen LogP contribution in [0.3, 0.4) is 0 Å². The molecule has 2 atom stereocenters. The van der Waals surface area contributed by atoms with Crippen molar-refractivity contribution in [2.24, 2.45) is 0 Å². The van der Waals surface area contributed by atoms with Crippen LogP contribution < -0.4 is 5.32 Å². The molecule has 114 valence electrons. The summed E-state index contributed by atoms with van der Waals surface area (Å²) in [6.07, 6.45) is 4.73. The molecule has 6 heteroatoms. The van der Waals surface area contributed by atoms with Crippen LogP contribution in [0, 0.1) is 0 Å². The summed E-state index contributed by atoms with van der Waals surface area (Å²) in [6.45, 7) is 4.32. The molecule has 0 spiro atoms. The van der Waals surface area contributed by atoms with Crippen molar-refractivity contribution >= 4 is 23.6 Å². The normalized spacial score (nSPS) is 21.3. The van der Waals surface area contributed by atoms with Gasteiger partial charge < -0.3 is 10.2 Å². The lowest BCUT2D eigenvalue weighted by molar-refractivity contribution is -0.139. The first-order chi connectivity index (χ1) is 10.2. The summed E-state index contributed by atoms with van der Waals surface area (Å²) in [5, 5.41) is 3.03. The molecule has 1 N–H and O–H groups in total. The Morgan fingerprint density at radius 3 is 2.90 bits per heavy atom. The van der Waals surface area contributed by atoms with Crippen LogP contribution in [-0.2, 0) is 16.1 Å². The van der Waals surface area contributed by atoms with Gasteiger partial charge in [0.1, 0.15) is 6.04 Å². The Hall–Kier alpha value is -1.56. The molecule has 2 heterocycles. The fraction of sp³-hybridized carbons (Fsp3) is 0.533. The minimum atomic E-state index is -0.357. The predicted octanol–water partition coefficient (Wildman–Crippen LogP) is 1.79. The first-order valence-electron chi connectivity index (χ1n) is 7.26. The lowest BCUT2D eigenvalue weighted by atomic mass is 10.2. The maximum atomic E-state index is 12.4. The van der Waals surface area contributed by atoms with Crippen LogP contribution in [0.2, 0.25) is 0 Å². The standard InChI is InChI=1S/C15H21N3O2S/c1-3-13(19)18-12(10-21-14(18)4-2)15(20)17-9-11-6-5-7-16-8-11/h5-8,12,14H,3-4,9-10H2,1-2H3,(H,17,20). The van der Waals surface area contributed by atoms with Gasteiger partial charge in [-0.25, -0.2) is 0 Å². The average Bonchev–Trinajstić information content (AvgIpc) is 2.96. The lowest BCUT2D eigenvalue weighted by Gasteiger charge is -2.27.